The van der Waals surface area contributed by atoms with Crippen LogP contribution in [-0.4, -0.2) is 23.9 Å². The molecule has 0 atom stereocenters. The molecule has 1 aliphatic heterocycles. The lowest BCUT2D eigenvalue weighted by Gasteiger charge is -2.25. The molecule has 1 amide bonds. The molecule has 0 spiro atoms. The predicted molar refractivity (Wildman–Crippen MR) is 101 cm³/mol. The molecule has 132 valence electrons. The Morgan fingerprint density at radius 2 is 1.65 bits per heavy atom. The minimum Gasteiger partial charge on any atom is -0.457 e. The summed E-state index contributed by atoms with van der Waals surface area (Å²) < 4.78 is 5.72. The molecule has 2 aromatic carbocycles. The van der Waals surface area contributed by atoms with Gasteiger partial charge in [-0.05, 0) is 55.7 Å². The molecule has 5 nitrogen and oxygen atoms in total. The van der Waals surface area contributed by atoms with Crippen LogP contribution in [0, 0.1) is 11.3 Å². The minimum absolute atomic E-state index is 0.122. The highest BCUT2D eigenvalue weighted by Gasteiger charge is 2.13. The van der Waals surface area contributed by atoms with E-state index >= 15 is 0 Å². The fourth-order valence-corrected chi connectivity index (χ4v) is 2.80. The normalized spacial score (nSPS) is 14.4. The maximum Gasteiger partial charge on any atom is 0.267 e. The van der Waals surface area contributed by atoms with Gasteiger partial charge in [-0.25, -0.2) is 0 Å². The van der Waals surface area contributed by atoms with Crippen molar-refractivity contribution in [1.82, 2.24) is 4.90 Å². The molecule has 2 aromatic rings. The van der Waals surface area contributed by atoms with E-state index in [1.54, 1.807) is 30.5 Å². The number of piperidine rings is 1. The molecule has 1 fully saturated rings. The molecule has 1 aliphatic rings. The maximum absolute atomic E-state index is 12.3. The standard InChI is InChI=1S/C21H21N3O2/c22-15-17(16-24-13-5-2-6-14-24)21(25)23-18-9-11-20(12-10-18)26-19-7-3-1-4-8-19/h1,3-4,7-12,16H,2,5-6,13-14H2,(H,23,25)/b17-16-. The number of anilines is 1. The Hall–Kier alpha value is -3.26. The number of nitrogens with zero attached hydrogens (tertiary/aromatic N) is 2. The van der Waals surface area contributed by atoms with Crippen LogP contribution < -0.4 is 10.1 Å². The van der Waals surface area contributed by atoms with Crippen molar-refractivity contribution in [2.75, 3.05) is 18.4 Å². The predicted octanol–water partition coefficient (Wildman–Crippen LogP) is 4.31. The Morgan fingerprint density at radius 3 is 2.31 bits per heavy atom. The Kier molecular flexibility index (Phi) is 5.89. The molecule has 26 heavy (non-hydrogen) atoms. The van der Waals surface area contributed by atoms with Crippen LogP contribution in [0.4, 0.5) is 5.69 Å². The molecule has 3 rings (SSSR count). The number of rotatable bonds is 5. The van der Waals surface area contributed by atoms with Crippen molar-refractivity contribution >= 4 is 11.6 Å². The molecule has 1 saturated heterocycles. The topological polar surface area (TPSA) is 65.4 Å². The van der Waals surface area contributed by atoms with Gasteiger partial charge >= 0.3 is 0 Å². The van der Waals surface area contributed by atoms with Crippen LogP contribution in [0.1, 0.15) is 19.3 Å². The highest BCUT2D eigenvalue weighted by atomic mass is 16.5. The third kappa shape index (κ3) is 4.87. The number of likely N-dealkylation sites (tertiary alicyclic amines) is 1. The first-order chi connectivity index (χ1) is 12.7. The van der Waals surface area contributed by atoms with Crippen molar-refractivity contribution in [3.8, 4) is 17.6 Å². The third-order valence-corrected chi connectivity index (χ3v) is 4.16. The number of ether oxygens (including phenoxy) is 1. The molecule has 0 aliphatic carbocycles. The fourth-order valence-electron chi connectivity index (χ4n) is 2.80. The van der Waals surface area contributed by atoms with Crippen molar-refractivity contribution in [3.63, 3.8) is 0 Å². The van der Waals surface area contributed by atoms with Crippen molar-refractivity contribution in [2.45, 2.75) is 19.3 Å². The van der Waals surface area contributed by atoms with Gasteiger partial charge in [-0.3, -0.25) is 4.79 Å². The summed E-state index contributed by atoms with van der Waals surface area (Å²) in [5.41, 5.74) is 0.742. The lowest BCUT2D eigenvalue weighted by Crippen LogP contribution is -2.26. The average Bonchev–Trinajstić information content (AvgIpc) is 2.69. The van der Waals surface area contributed by atoms with E-state index in [9.17, 15) is 10.1 Å². The van der Waals surface area contributed by atoms with Gasteiger partial charge in [0.2, 0.25) is 0 Å². The third-order valence-electron chi connectivity index (χ3n) is 4.16. The van der Waals surface area contributed by atoms with E-state index in [1.165, 1.54) is 6.42 Å². The van der Waals surface area contributed by atoms with Gasteiger partial charge in [-0.2, -0.15) is 5.26 Å². The van der Waals surface area contributed by atoms with Crippen LogP contribution in [0.2, 0.25) is 0 Å². The van der Waals surface area contributed by atoms with Crippen LogP contribution in [-0.2, 0) is 4.79 Å². The number of hydrogen-bond acceptors (Lipinski definition) is 4. The van der Waals surface area contributed by atoms with Crippen molar-refractivity contribution < 1.29 is 9.53 Å². The zero-order chi connectivity index (χ0) is 18.2. The van der Waals surface area contributed by atoms with Gasteiger partial charge < -0.3 is 15.0 Å². The first kappa shape index (κ1) is 17.6. The molecule has 1 heterocycles. The van der Waals surface area contributed by atoms with Crippen molar-refractivity contribution in [3.05, 3.63) is 66.4 Å². The zero-order valence-corrected chi connectivity index (χ0v) is 14.5. The summed E-state index contributed by atoms with van der Waals surface area (Å²) in [6, 6.07) is 18.6. The number of nitriles is 1. The first-order valence-corrected chi connectivity index (χ1v) is 8.75. The van der Waals surface area contributed by atoms with E-state index in [-0.39, 0.29) is 5.57 Å². The summed E-state index contributed by atoms with van der Waals surface area (Å²) in [6.45, 7) is 1.79. The highest BCUT2D eigenvalue weighted by molar-refractivity contribution is 6.06. The van der Waals surface area contributed by atoms with Crippen LogP contribution >= 0.6 is 0 Å². The SMILES string of the molecule is N#C/C(=C/N1CCCCC1)C(=O)Nc1ccc(Oc2ccccc2)cc1. The second kappa shape index (κ2) is 8.72. The minimum atomic E-state index is -0.394. The second-order valence-electron chi connectivity index (χ2n) is 6.14. The van der Waals surface area contributed by atoms with E-state index in [2.05, 4.69) is 5.32 Å². The fraction of sp³-hybridized carbons (Fsp3) is 0.238. The van der Waals surface area contributed by atoms with Crippen LogP contribution in [0.25, 0.3) is 0 Å². The second-order valence-corrected chi connectivity index (χ2v) is 6.14. The number of carbonyl (C=O) groups is 1. The lowest BCUT2D eigenvalue weighted by atomic mass is 10.1. The number of para-hydroxylation sites is 1. The van der Waals surface area contributed by atoms with E-state index in [4.69, 9.17) is 4.74 Å². The lowest BCUT2D eigenvalue weighted by molar-refractivity contribution is -0.112. The van der Waals surface area contributed by atoms with E-state index < -0.39 is 5.91 Å². The number of hydrogen-bond donors (Lipinski definition) is 1. The van der Waals surface area contributed by atoms with Gasteiger partial charge in [0.15, 0.2) is 0 Å². The van der Waals surface area contributed by atoms with Crippen LogP contribution in [0.15, 0.2) is 66.4 Å². The molecular formula is C21H21N3O2. The Bertz CT molecular complexity index is 801. The quantitative estimate of drug-likeness (QED) is 0.646. The van der Waals surface area contributed by atoms with E-state index in [1.807, 2.05) is 41.3 Å². The molecular weight excluding hydrogens is 326 g/mol. The largest absolute Gasteiger partial charge is 0.457 e. The molecule has 0 aromatic heterocycles. The van der Waals surface area contributed by atoms with Crippen LogP contribution in [0.5, 0.6) is 11.5 Å². The Morgan fingerprint density at radius 1 is 1.00 bits per heavy atom. The summed E-state index contributed by atoms with van der Waals surface area (Å²) >= 11 is 0. The highest BCUT2D eigenvalue weighted by Crippen LogP contribution is 2.23. The molecule has 5 heteroatoms. The Balaban J connectivity index is 1.61. The smallest absolute Gasteiger partial charge is 0.267 e. The summed E-state index contributed by atoms with van der Waals surface area (Å²) in [6.07, 6.45) is 5.07. The monoisotopic (exact) mass is 347 g/mol. The van der Waals surface area contributed by atoms with E-state index in [0.717, 1.165) is 31.7 Å². The zero-order valence-electron chi connectivity index (χ0n) is 14.5. The van der Waals surface area contributed by atoms with Gasteiger partial charge in [0.05, 0.1) is 0 Å². The molecule has 1 N–H and O–H groups in total. The summed E-state index contributed by atoms with van der Waals surface area (Å²) in [5, 5.41) is 12.0. The van der Waals surface area contributed by atoms with Gasteiger partial charge in [0.1, 0.15) is 23.1 Å². The van der Waals surface area contributed by atoms with Crippen molar-refractivity contribution in [1.29, 1.82) is 5.26 Å². The summed E-state index contributed by atoms with van der Waals surface area (Å²) in [4.78, 5) is 14.4. The number of carbonyl (C=O) groups excluding carboxylic acids is 1. The first-order valence-electron chi connectivity index (χ1n) is 8.75. The number of benzene rings is 2. The average molecular weight is 347 g/mol. The molecule has 0 saturated carbocycles. The van der Waals surface area contributed by atoms with Gasteiger partial charge in [0.25, 0.3) is 5.91 Å². The van der Waals surface area contributed by atoms with Crippen molar-refractivity contribution in [2.24, 2.45) is 0 Å². The van der Waals surface area contributed by atoms with E-state index in [0.29, 0.717) is 11.4 Å². The summed E-state index contributed by atoms with van der Waals surface area (Å²) in [5.74, 6) is 1.04. The number of nitrogens with one attached hydrogen (secondary N) is 1. The summed E-state index contributed by atoms with van der Waals surface area (Å²) in [7, 11) is 0. The number of amides is 1. The molecule has 0 unspecified atom stereocenters. The maximum atomic E-state index is 12.3. The van der Waals surface area contributed by atoms with Gasteiger partial charge in [0, 0.05) is 25.0 Å². The van der Waals surface area contributed by atoms with Crippen LogP contribution in [0.3, 0.4) is 0 Å². The van der Waals surface area contributed by atoms with Gasteiger partial charge in [-0.1, -0.05) is 18.2 Å². The molecule has 0 bridgehead atoms. The van der Waals surface area contributed by atoms with Gasteiger partial charge in [-0.15, -0.1) is 0 Å². The Labute approximate surface area is 153 Å². The molecule has 0 radical (unpaired) electrons.